The van der Waals surface area contributed by atoms with Crippen molar-refractivity contribution in [3.8, 4) is 0 Å². The molecule has 1 aliphatic rings. The van der Waals surface area contributed by atoms with Crippen LogP contribution in [0.5, 0.6) is 0 Å². The number of carbonyl (C=O) groups is 3. The third-order valence-electron chi connectivity index (χ3n) is 3.35. The van der Waals surface area contributed by atoms with Gasteiger partial charge in [0.1, 0.15) is 5.60 Å². The highest BCUT2D eigenvalue weighted by Gasteiger charge is 2.38. The van der Waals surface area contributed by atoms with Crippen LogP contribution in [0.2, 0.25) is 0 Å². The Morgan fingerprint density at radius 2 is 1.38 bits per heavy atom. The molecule has 1 saturated heterocycles. The Kier molecular flexibility index (Phi) is 7.47. The first-order valence-corrected chi connectivity index (χ1v) is 8.24. The highest BCUT2D eigenvalue weighted by molar-refractivity contribution is 5.99. The van der Waals surface area contributed by atoms with Crippen molar-refractivity contribution in [2.45, 2.75) is 46.3 Å². The van der Waals surface area contributed by atoms with Gasteiger partial charge in [0.15, 0.2) is 0 Å². The maximum atomic E-state index is 12.1. The number of nitrogens with zero attached hydrogens (tertiary/aromatic N) is 2. The SMILES string of the molecule is CCOC(=O)C(C(=O)OCC)N1CCN(C(=O)OC(C)(C)C)CC1. The van der Waals surface area contributed by atoms with Gasteiger partial charge in [-0.15, -0.1) is 0 Å². The predicted molar refractivity (Wildman–Crippen MR) is 86.4 cm³/mol. The lowest BCUT2D eigenvalue weighted by molar-refractivity contribution is -0.164. The summed E-state index contributed by atoms with van der Waals surface area (Å²) in [7, 11) is 0. The second kappa shape index (κ2) is 8.86. The van der Waals surface area contributed by atoms with Crippen LogP contribution < -0.4 is 0 Å². The van der Waals surface area contributed by atoms with Crippen molar-refractivity contribution in [1.29, 1.82) is 0 Å². The summed E-state index contributed by atoms with van der Waals surface area (Å²) in [5, 5.41) is 0. The van der Waals surface area contributed by atoms with Crippen LogP contribution in [-0.2, 0) is 23.8 Å². The molecule has 0 aliphatic carbocycles. The lowest BCUT2D eigenvalue weighted by atomic mass is 10.2. The van der Waals surface area contributed by atoms with Crippen LogP contribution in [0.1, 0.15) is 34.6 Å². The van der Waals surface area contributed by atoms with E-state index in [1.54, 1.807) is 44.4 Å². The summed E-state index contributed by atoms with van der Waals surface area (Å²) in [6.45, 7) is 10.6. The van der Waals surface area contributed by atoms with Crippen molar-refractivity contribution < 1.29 is 28.6 Å². The third kappa shape index (κ3) is 5.99. The number of piperazine rings is 1. The Morgan fingerprint density at radius 3 is 1.75 bits per heavy atom. The number of hydrogen-bond acceptors (Lipinski definition) is 7. The number of rotatable bonds is 5. The van der Waals surface area contributed by atoms with Gasteiger partial charge in [0.2, 0.25) is 6.04 Å². The normalized spacial score (nSPS) is 16.0. The van der Waals surface area contributed by atoms with E-state index in [2.05, 4.69) is 0 Å². The molecule has 0 aromatic heterocycles. The van der Waals surface area contributed by atoms with E-state index in [0.717, 1.165) is 0 Å². The zero-order chi connectivity index (χ0) is 18.3. The first-order chi connectivity index (χ1) is 11.2. The lowest BCUT2D eigenvalue weighted by Gasteiger charge is -2.37. The van der Waals surface area contributed by atoms with Gasteiger partial charge in [0.25, 0.3) is 0 Å². The quantitative estimate of drug-likeness (QED) is 0.418. The van der Waals surface area contributed by atoms with Crippen LogP contribution >= 0.6 is 0 Å². The van der Waals surface area contributed by atoms with Crippen molar-refractivity contribution in [1.82, 2.24) is 9.80 Å². The fourth-order valence-electron chi connectivity index (χ4n) is 2.33. The molecule has 0 atom stereocenters. The molecule has 8 heteroatoms. The molecule has 1 aliphatic heterocycles. The first-order valence-electron chi connectivity index (χ1n) is 8.24. The van der Waals surface area contributed by atoms with Crippen LogP contribution in [0.3, 0.4) is 0 Å². The minimum absolute atomic E-state index is 0.187. The molecule has 0 saturated carbocycles. The van der Waals surface area contributed by atoms with Crippen molar-refractivity contribution in [3.63, 3.8) is 0 Å². The molecule has 0 aromatic rings. The van der Waals surface area contributed by atoms with Crippen LogP contribution in [0.4, 0.5) is 4.79 Å². The average molecular weight is 344 g/mol. The van der Waals surface area contributed by atoms with E-state index in [0.29, 0.717) is 26.2 Å². The van der Waals surface area contributed by atoms with E-state index in [9.17, 15) is 14.4 Å². The summed E-state index contributed by atoms with van der Waals surface area (Å²) in [4.78, 5) is 39.5. The van der Waals surface area contributed by atoms with Gasteiger partial charge in [0.05, 0.1) is 13.2 Å². The van der Waals surface area contributed by atoms with Gasteiger partial charge in [-0.3, -0.25) is 4.90 Å². The summed E-state index contributed by atoms with van der Waals surface area (Å²) < 4.78 is 15.3. The summed E-state index contributed by atoms with van der Waals surface area (Å²) in [5.41, 5.74) is -0.563. The fraction of sp³-hybridized carbons (Fsp3) is 0.812. The Labute approximate surface area is 143 Å². The monoisotopic (exact) mass is 344 g/mol. The van der Waals surface area contributed by atoms with Crippen LogP contribution in [-0.4, -0.2) is 78.9 Å². The topological polar surface area (TPSA) is 85.4 Å². The number of amides is 1. The highest BCUT2D eigenvalue weighted by Crippen LogP contribution is 2.14. The maximum Gasteiger partial charge on any atom is 0.410 e. The molecule has 0 aromatic carbocycles. The largest absolute Gasteiger partial charge is 0.464 e. The van der Waals surface area contributed by atoms with E-state index >= 15 is 0 Å². The Morgan fingerprint density at radius 1 is 0.917 bits per heavy atom. The molecule has 0 unspecified atom stereocenters. The second-order valence-corrected chi connectivity index (χ2v) is 6.41. The summed E-state index contributed by atoms with van der Waals surface area (Å²) >= 11 is 0. The molecule has 0 radical (unpaired) electrons. The number of carbonyl (C=O) groups excluding carboxylic acids is 3. The smallest absolute Gasteiger partial charge is 0.410 e. The highest BCUT2D eigenvalue weighted by atomic mass is 16.6. The first kappa shape index (κ1) is 20.2. The summed E-state index contributed by atoms with van der Waals surface area (Å²) in [6, 6.07) is -1.09. The van der Waals surface area contributed by atoms with Crippen LogP contribution in [0.25, 0.3) is 0 Å². The van der Waals surface area contributed by atoms with Crippen molar-refractivity contribution in [2.75, 3.05) is 39.4 Å². The minimum Gasteiger partial charge on any atom is -0.464 e. The molecular weight excluding hydrogens is 316 g/mol. The van der Waals surface area contributed by atoms with E-state index < -0.39 is 29.7 Å². The zero-order valence-corrected chi connectivity index (χ0v) is 15.2. The Balaban J connectivity index is 2.69. The van der Waals surface area contributed by atoms with Gasteiger partial charge in [-0.25, -0.2) is 14.4 Å². The van der Waals surface area contributed by atoms with Gasteiger partial charge >= 0.3 is 18.0 Å². The Hall–Kier alpha value is -1.83. The molecule has 1 heterocycles. The van der Waals surface area contributed by atoms with E-state index in [-0.39, 0.29) is 13.2 Å². The van der Waals surface area contributed by atoms with Gasteiger partial charge in [0, 0.05) is 26.2 Å². The number of hydrogen-bond donors (Lipinski definition) is 0. The molecular formula is C16H28N2O6. The van der Waals surface area contributed by atoms with Crippen molar-refractivity contribution in [3.05, 3.63) is 0 Å². The Bertz CT molecular complexity index is 434. The van der Waals surface area contributed by atoms with E-state index in [4.69, 9.17) is 14.2 Å². The average Bonchev–Trinajstić information content (AvgIpc) is 2.47. The van der Waals surface area contributed by atoms with E-state index in [1.165, 1.54) is 0 Å². The zero-order valence-electron chi connectivity index (χ0n) is 15.2. The van der Waals surface area contributed by atoms with Crippen molar-refractivity contribution in [2.24, 2.45) is 0 Å². The van der Waals surface area contributed by atoms with Gasteiger partial charge in [-0.2, -0.15) is 0 Å². The fourth-order valence-corrected chi connectivity index (χ4v) is 2.33. The molecule has 1 amide bonds. The predicted octanol–water partition coefficient (Wildman–Crippen LogP) is 1.03. The lowest BCUT2D eigenvalue weighted by Crippen LogP contribution is -2.57. The van der Waals surface area contributed by atoms with E-state index in [1.807, 2.05) is 0 Å². The van der Waals surface area contributed by atoms with Crippen LogP contribution in [0.15, 0.2) is 0 Å². The van der Waals surface area contributed by atoms with Gasteiger partial charge < -0.3 is 19.1 Å². The summed E-state index contributed by atoms with van der Waals surface area (Å²) in [5.74, 6) is -1.25. The van der Waals surface area contributed by atoms with Crippen molar-refractivity contribution >= 4 is 18.0 Å². The maximum absolute atomic E-state index is 12.1. The molecule has 0 N–H and O–H groups in total. The van der Waals surface area contributed by atoms with Gasteiger partial charge in [-0.1, -0.05) is 0 Å². The minimum atomic E-state index is -1.09. The summed E-state index contributed by atoms with van der Waals surface area (Å²) in [6.07, 6.45) is -0.397. The molecule has 24 heavy (non-hydrogen) atoms. The third-order valence-corrected chi connectivity index (χ3v) is 3.35. The number of esters is 2. The molecule has 1 rings (SSSR count). The molecule has 0 spiro atoms. The standard InChI is InChI=1S/C16H28N2O6/c1-6-22-13(19)12(14(20)23-7-2)17-8-10-18(11-9-17)15(21)24-16(3,4)5/h12H,6-11H2,1-5H3. The molecule has 138 valence electrons. The molecule has 8 nitrogen and oxygen atoms in total. The second-order valence-electron chi connectivity index (χ2n) is 6.41. The molecule has 1 fully saturated rings. The number of ether oxygens (including phenoxy) is 3. The molecule has 0 bridgehead atoms. The van der Waals surface area contributed by atoms with Crippen LogP contribution in [0, 0.1) is 0 Å². The van der Waals surface area contributed by atoms with Gasteiger partial charge in [-0.05, 0) is 34.6 Å².